The van der Waals surface area contributed by atoms with E-state index >= 15 is 0 Å². The molecule has 2 aromatic carbocycles. The summed E-state index contributed by atoms with van der Waals surface area (Å²) in [5.74, 6) is 0.112. The Balaban J connectivity index is 1.92. The van der Waals surface area contributed by atoms with Crippen molar-refractivity contribution in [3.8, 4) is 17.1 Å². The molecule has 0 radical (unpaired) electrons. The van der Waals surface area contributed by atoms with Crippen molar-refractivity contribution in [3.63, 3.8) is 0 Å². The van der Waals surface area contributed by atoms with Gasteiger partial charge in [-0.3, -0.25) is 15.0 Å². The predicted molar refractivity (Wildman–Crippen MR) is 129 cm³/mol. The SMILES string of the molecule is COc1ccc(S(=O)(=O)C(Nc2c(C(=O)NO)cc(C)cc2-c2ccco2)c2cccnc2)cc1. The number of pyridine rings is 1. The number of carbonyl (C=O) groups excluding carboxylic acids is 1. The number of amides is 1. The zero-order valence-corrected chi connectivity index (χ0v) is 19.7. The Bertz CT molecular complexity index is 1420. The van der Waals surface area contributed by atoms with Crippen molar-refractivity contribution in [3.05, 3.63) is 96.0 Å². The first-order chi connectivity index (χ1) is 16.8. The molecule has 1 unspecified atom stereocenters. The van der Waals surface area contributed by atoms with Gasteiger partial charge in [0.1, 0.15) is 11.5 Å². The molecule has 2 heterocycles. The second-order valence-electron chi connectivity index (χ2n) is 7.68. The molecule has 3 N–H and O–H groups in total. The number of sulfone groups is 1. The third-order valence-corrected chi connectivity index (χ3v) is 7.32. The molecule has 0 spiro atoms. The summed E-state index contributed by atoms with van der Waals surface area (Å²) in [7, 11) is -2.56. The quantitative estimate of drug-likeness (QED) is 0.244. The Labute approximate surface area is 202 Å². The van der Waals surface area contributed by atoms with Crippen LogP contribution in [-0.4, -0.2) is 31.6 Å². The number of ether oxygens (including phenoxy) is 1. The summed E-state index contributed by atoms with van der Waals surface area (Å²) in [4.78, 5) is 16.7. The predicted octanol–water partition coefficient (Wildman–Crippen LogP) is 4.36. The van der Waals surface area contributed by atoms with Crippen LogP contribution in [-0.2, 0) is 9.84 Å². The highest BCUT2D eigenvalue weighted by molar-refractivity contribution is 7.91. The fourth-order valence-corrected chi connectivity index (χ4v) is 5.27. The Kier molecular flexibility index (Phi) is 6.85. The maximum absolute atomic E-state index is 13.8. The average molecular weight is 494 g/mol. The van der Waals surface area contributed by atoms with Crippen molar-refractivity contribution in [1.82, 2.24) is 10.5 Å². The van der Waals surface area contributed by atoms with E-state index in [4.69, 9.17) is 9.15 Å². The summed E-state index contributed by atoms with van der Waals surface area (Å²) in [5.41, 5.74) is 3.35. The molecule has 0 aliphatic heterocycles. The average Bonchev–Trinajstić information content (AvgIpc) is 3.42. The van der Waals surface area contributed by atoms with E-state index in [-0.39, 0.29) is 16.1 Å². The molecule has 35 heavy (non-hydrogen) atoms. The van der Waals surface area contributed by atoms with Gasteiger partial charge in [0.25, 0.3) is 5.91 Å². The molecule has 2 aromatic heterocycles. The number of nitrogens with zero attached hydrogens (tertiary/aromatic N) is 1. The van der Waals surface area contributed by atoms with E-state index < -0.39 is 21.1 Å². The molecule has 10 heteroatoms. The molecule has 0 saturated heterocycles. The van der Waals surface area contributed by atoms with Crippen LogP contribution in [0.15, 0.2) is 88.6 Å². The van der Waals surface area contributed by atoms with Crippen LogP contribution in [0.2, 0.25) is 0 Å². The Morgan fingerprint density at radius 2 is 1.89 bits per heavy atom. The van der Waals surface area contributed by atoms with Crippen molar-refractivity contribution in [2.45, 2.75) is 17.2 Å². The molecule has 0 aliphatic carbocycles. The summed E-state index contributed by atoms with van der Waals surface area (Å²) in [5, 5.41) is 11.1. The van der Waals surface area contributed by atoms with Gasteiger partial charge in [-0.2, -0.15) is 0 Å². The summed E-state index contributed by atoms with van der Waals surface area (Å²) in [6.45, 7) is 1.77. The van der Waals surface area contributed by atoms with E-state index in [2.05, 4.69) is 10.3 Å². The van der Waals surface area contributed by atoms with E-state index in [1.807, 2.05) is 0 Å². The van der Waals surface area contributed by atoms with Crippen molar-refractivity contribution < 1.29 is 27.6 Å². The van der Waals surface area contributed by atoms with Crippen LogP contribution in [0.3, 0.4) is 0 Å². The molecule has 0 saturated carbocycles. The number of carbonyl (C=O) groups is 1. The standard InChI is InChI=1S/C25H23N3O6S/c1-16-13-20(22-6-4-12-34-22)23(21(14-16)24(29)28-30)27-25(17-5-3-11-26-15-17)35(31,32)19-9-7-18(33-2)8-10-19/h3-15,25,27,30H,1-2H3,(H,28,29). The second-order valence-corrected chi connectivity index (χ2v) is 9.72. The molecule has 4 aromatic rings. The lowest BCUT2D eigenvalue weighted by Crippen LogP contribution is -2.26. The molecule has 1 atom stereocenters. The van der Waals surface area contributed by atoms with Crippen LogP contribution in [0, 0.1) is 6.92 Å². The molecule has 1 amide bonds. The third kappa shape index (κ3) is 4.88. The molecule has 4 rings (SSSR count). The first-order valence-electron chi connectivity index (χ1n) is 10.5. The first-order valence-corrected chi connectivity index (χ1v) is 12.1. The maximum atomic E-state index is 13.8. The van der Waals surface area contributed by atoms with E-state index in [0.29, 0.717) is 28.2 Å². The van der Waals surface area contributed by atoms with Crippen LogP contribution in [0.25, 0.3) is 11.3 Å². The van der Waals surface area contributed by atoms with Gasteiger partial charge in [0, 0.05) is 23.5 Å². The third-order valence-electron chi connectivity index (χ3n) is 5.38. The smallest absolute Gasteiger partial charge is 0.276 e. The molecule has 0 aliphatic rings. The summed E-state index contributed by atoms with van der Waals surface area (Å²) >= 11 is 0. The number of methoxy groups -OCH3 is 1. The number of benzene rings is 2. The molecular formula is C25H23N3O6S. The highest BCUT2D eigenvalue weighted by atomic mass is 32.2. The van der Waals surface area contributed by atoms with Gasteiger partial charge >= 0.3 is 0 Å². The highest BCUT2D eigenvalue weighted by Gasteiger charge is 2.32. The van der Waals surface area contributed by atoms with Gasteiger partial charge in [-0.15, -0.1) is 0 Å². The fraction of sp³-hybridized carbons (Fsp3) is 0.120. The fourth-order valence-electron chi connectivity index (χ4n) is 3.71. The van der Waals surface area contributed by atoms with Gasteiger partial charge in [-0.25, -0.2) is 13.9 Å². The number of rotatable bonds is 8. The van der Waals surface area contributed by atoms with Crippen molar-refractivity contribution in [1.29, 1.82) is 0 Å². The van der Waals surface area contributed by atoms with E-state index in [9.17, 15) is 18.4 Å². The van der Waals surface area contributed by atoms with Crippen LogP contribution in [0.1, 0.15) is 26.9 Å². The van der Waals surface area contributed by atoms with Gasteiger partial charge in [0.05, 0.1) is 29.5 Å². The van der Waals surface area contributed by atoms with Crippen LogP contribution in [0.5, 0.6) is 5.75 Å². The van der Waals surface area contributed by atoms with Gasteiger partial charge in [0.15, 0.2) is 5.37 Å². The molecular weight excluding hydrogens is 470 g/mol. The van der Waals surface area contributed by atoms with Gasteiger partial charge in [-0.05, 0) is 67.1 Å². The summed E-state index contributed by atoms with van der Waals surface area (Å²) < 4.78 is 38.4. The van der Waals surface area contributed by atoms with Crippen LogP contribution >= 0.6 is 0 Å². The van der Waals surface area contributed by atoms with Gasteiger partial charge in [-0.1, -0.05) is 6.07 Å². The number of hydroxylamine groups is 1. The van der Waals surface area contributed by atoms with E-state index in [0.717, 1.165) is 0 Å². The van der Waals surface area contributed by atoms with Gasteiger partial charge < -0.3 is 14.5 Å². The number of anilines is 1. The second kappa shape index (κ2) is 10.00. The number of hydrogen-bond donors (Lipinski definition) is 3. The minimum atomic E-state index is -4.05. The minimum Gasteiger partial charge on any atom is -0.497 e. The monoisotopic (exact) mass is 493 g/mol. The van der Waals surface area contributed by atoms with Crippen LogP contribution < -0.4 is 15.5 Å². The number of furan rings is 1. The van der Waals surface area contributed by atoms with Crippen molar-refractivity contribution in [2.75, 3.05) is 12.4 Å². The summed E-state index contributed by atoms with van der Waals surface area (Å²) in [6, 6.07) is 15.9. The lowest BCUT2D eigenvalue weighted by molar-refractivity contribution is 0.0707. The Morgan fingerprint density at radius 3 is 2.49 bits per heavy atom. The highest BCUT2D eigenvalue weighted by Crippen LogP contribution is 2.38. The zero-order chi connectivity index (χ0) is 25.0. The molecule has 0 bridgehead atoms. The molecule has 9 nitrogen and oxygen atoms in total. The lowest BCUT2D eigenvalue weighted by Gasteiger charge is -2.24. The number of aromatic nitrogens is 1. The van der Waals surface area contributed by atoms with Crippen molar-refractivity contribution in [2.24, 2.45) is 0 Å². The zero-order valence-electron chi connectivity index (χ0n) is 18.9. The number of nitrogens with one attached hydrogen (secondary N) is 2. The number of hydrogen-bond acceptors (Lipinski definition) is 8. The topological polar surface area (TPSA) is 131 Å². The number of aryl methyl sites for hydroxylation is 1. The molecule has 180 valence electrons. The summed E-state index contributed by atoms with van der Waals surface area (Å²) in [6.07, 6.45) is 4.44. The Morgan fingerprint density at radius 1 is 1.11 bits per heavy atom. The normalized spacial score (nSPS) is 12.1. The first kappa shape index (κ1) is 24.0. The van der Waals surface area contributed by atoms with E-state index in [1.165, 1.54) is 37.9 Å². The van der Waals surface area contributed by atoms with Gasteiger partial charge in [0.2, 0.25) is 9.84 Å². The largest absolute Gasteiger partial charge is 0.497 e. The Hall–Kier alpha value is -4.15. The van der Waals surface area contributed by atoms with E-state index in [1.54, 1.807) is 60.9 Å². The molecule has 0 fully saturated rings. The maximum Gasteiger partial charge on any atom is 0.276 e. The van der Waals surface area contributed by atoms with Crippen LogP contribution in [0.4, 0.5) is 5.69 Å². The minimum absolute atomic E-state index is 0.0396. The lowest BCUT2D eigenvalue weighted by atomic mass is 10.0. The van der Waals surface area contributed by atoms with Crippen molar-refractivity contribution >= 4 is 21.4 Å².